The highest BCUT2D eigenvalue weighted by molar-refractivity contribution is 5.76. The molecule has 12 heteroatoms. The Morgan fingerprint density at radius 1 is 1.25 bits per heavy atom. The first-order valence-corrected chi connectivity index (χ1v) is 10.2. The molecular weight excluding hydrogens is 433 g/mol. The van der Waals surface area contributed by atoms with Crippen molar-refractivity contribution in [3.05, 3.63) is 42.1 Å². The van der Waals surface area contributed by atoms with Gasteiger partial charge in [0.25, 0.3) is 0 Å². The van der Waals surface area contributed by atoms with E-state index in [4.69, 9.17) is 19.1 Å². The lowest BCUT2D eigenvalue weighted by Gasteiger charge is -2.40. The minimum absolute atomic E-state index is 0.0247. The van der Waals surface area contributed by atoms with E-state index in [2.05, 4.69) is 21.4 Å². The number of carbonyl (C=O) groups is 2. The molecule has 1 amide bonds. The number of nitrogens with zero attached hydrogens (tertiary/aromatic N) is 3. The Balaban J connectivity index is 0.000000360. The normalized spacial score (nSPS) is 19.5. The SMILES string of the molecule is O=C(CC1CN(C2CCOCC2)Cc2ccnn21)NCc1ccco1.O=C(O)C(F)(F)F. The number of ether oxygens (including phenoxy) is 1. The highest BCUT2D eigenvalue weighted by Gasteiger charge is 2.38. The Kier molecular flexibility index (Phi) is 7.91. The van der Waals surface area contributed by atoms with Crippen molar-refractivity contribution >= 4 is 11.9 Å². The van der Waals surface area contributed by atoms with E-state index < -0.39 is 12.1 Å². The molecule has 4 rings (SSSR count). The zero-order valence-corrected chi connectivity index (χ0v) is 17.3. The van der Waals surface area contributed by atoms with Gasteiger partial charge in [-0.2, -0.15) is 18.3 Å². The van der Waals surface area contributed by atoms with Gasteiger partial charge in [0.1, 0.15) is 5.76 Å². The summed E-state index contributed by atoms with van der Waals surface area (Å²) in [5.74, 6) is -1.97. The van der Waals surface area contributed by atoms with Crippen LogP contribution in [0.15, 0.2) is 35.1 Å². The molecule has 0 saturated carbocycles. The molecular formula is C20H25F3N4O5. The van der Waals surface area contributed by atoms with E-state index in [0.717, 1.165) is 44.9 Å². The molecule has 2 aromatic heterocycles. The molecule has 4 heterocycles. The minimum Gasteiger partial charge on any atom is -0.475 e. The fraction of sp³-hybridized carbons (Fsp3) is 0.550. The van der Waals surface area contributed by atoms with E-state index in [1.165, 1.54) is 5.69 Å². The van der Waals surface area contributed by atoms with Gasteiger partial charge in [0.05, 0.1) is 31.0 Å². The van der Waals surface area contributed by atoms with Gasteiger partial charge in [-0.15, -0.1) is 0 Å². The molecule has 1 atom stereocenters. The highest BCUT2D eigenvalue weighted by Crippen LogP contribution is 2.27. The lowest BCUT2D eigenvalue weighted by molar-refractivity contribution is -0.192. The molecule has 0 aliphatic carbocycles. The molecule has 0 radical (unpaired) electrons. The number of halogens is 3. The largest absolute Gasteiger partial charge is 0.490 e. The van der Waals surface area contributed by atoms with Gasteiger partial charge in [0.15, 0.2) is 0 Å². The van der Waals surface area contributed by atoms with Crippen LogP contribution in [0.3, 0.4) is 0 Å². The van der Waals surface area contributed by atoms with Crippen LogP contribution in [0.5, 0.6) is 0 Å². The van der Waals surface area contributed by atoms with Crippen molar-refractivity contribution in [2.24, 2.45) is 0 Å². The van der Waals surface area contributed by atoms with Crippen molar-refractivity contribution in [3.8, 4) is 0 Å². The van der Waals surface area contributed by atoms with Gasteiger partial charge in [-0.25, -0.2) is 4.79 Å². The number of carboxylic acid groups (broad SMARTS) is 1. The Bertz CT molecular complexity index is 878. The number of amides is 1. The third-order valence-corrected chi connectivity index (χ3v) is 5.32. The maximum absolute atomic E-state index is 12.4. The second-order valence-electron chi connectivity index (χ2n) is 7.56. The van der Waals surface area contributed by atoms with Crippen molar-refractivity contribution in [1.82, 2.24) is 20.0 Å². The third kappa shape index (κ3) is 6.57. The first-order valence-electron chi connectivity index (χ1n) is 10.2. The Hall–Kier alpha value is -2.86. The molecule has 1 unspecified atom stereocenters. The quantitative estimate of drug-likeness (QED) is 0.708. The van der Waals surface area contributed by atoms with Crippen LogP contribution >= 0.6 is 0 Å². The number of furan rings is 1. The van der Waals surface area contributed by atoms with Gasteiger partial charge < -0.3 is 19.6 Å². The van der Waals surface area contributed by atoms with E-state index >= 15 is 0 Å². The van der Waals surface area contributed by atoms with Gasteiger partial charge in [-0.05, 0) is 31.0 Å². The summed E-state index contributed by atoms with van der Waals surface area (Å²) in [6.45, 7) is 3.83. The number of hydrogen-bond donors (Lipinski definition) is 2. The molecule has 1 fully saturated rings. The summed E-state index contributed by atoms with van der Waals surface area (Å²) in [6.07, 6.45) is 0.910. The summed E-state index contributed by atoms with van der Waals surface area (Å²) >= 11 is 0. The molecule has 32 heavy (non-hydrogen) atoms. The van der Waals surface area contributed by atoms with Crippen molar-refractivity contribution < 1.29 is 37.0 Å². The minimum atomic E-state index is -5.08. The molecule has 0 spiro atoms. The molecule has 2 aliphatic rings. The van der Waals surface area contributed by atoms with E-state index in [0.29, 0.717) is 19.0 Å². The summed E-state index contributed by atoms with van der Waals surface area (Å²) in [5.41, 5.74) is 1.18. The second-order valence-corrected chi connectivity index (χ2v) is 7.56. The number of aromatic nitrogens is 2. The van der Waals surface area contributed by atoms with Crippen molar-refractivity contribution in [2.75, 3.05) is 19.8 Å². The molecule has 9 nitrogen and oxygen atoms in total. The number of aliphatic carboxylic acids is 1. The zero-order chi connectivity index (χ0) is 23.1. The smallest absolute Gasteiger partial charge is 0.475 e. The average Bonchev–Trinajstić information content (AvgIpc) is 3.44. The third-order valence-electron chi connectivity index (χ3n) is 5.32. The van der Waals surface area contributed by atoms with Crippen LogP contribution < -0.4 is 5.32 Å². The molecule has 176 valence electrons. The van der Waals surface area contributed by atoms with E-state index in [1.807, 2.05) is 23.0 Å². The van der Waals surface area contributed by atoms with Crippen LogP contribution in [-0.2, 0) is 27.4 Å². The Labute approximate surface area is 182 Å². The molecule has 2 aromatic rings. The standard InChI is InChI=1S/C18H24N4O3.C2HF3O2/c23-18(19-11-17-2-1-7-25-17)10-16-13-21(14-4-8-24-9-5-14)12-15-3-6-20-22(15)16;3-2(4,5)1(6)7/h1-3,6-7,14,16H,4-5,8-13H2,(H,19,23);(H,6,7). The van der Waals surface area contributed by atoms with Crippen LogP contribution in [-0.4, -0.2) is 63.6 Å². The fourth-order valence-electron chi connectivity index (χ4n) is 3.78. The molecule has 0 bridgehead atoms. The maximum Gasteiger partial charge on any atom is 0.490 e. The van der Waals surface area contributed by atoms with Crippen LogP contribution in [0.2, 0.25) is 0 Å². The van der Waals surface area contributed by atoms with Gasteiger partial charge in [0, 0.05) is 38.5 Å². The summed E-state index contributed by atoms with van der Waals surface area (Å²) in [4.78, 5) is 23.8. The number of hydrogen-bond acceptors (Lipinski definition) is 6. The Morgan fingerprint density at radius 3 is 2.59 bits per heavy atom. The van der Waals surface area contributed by atoms with Crippen LogP contribution in [0.25, 0.3) is 0 Å². The summed E-state index contributed by atoms with van der Waals surface area (Å²) in [6, 6.07) is 6.34. The first kappa shape index (κ1) is 23.8. The Morgan fingerprint density at radius 2 is 1.97 bits per heavy atom. The van der Waals surface area contributed by atoms with Crippen LogP contribution in [0, 0.1) is 0 Å². The summed E-state index contributed by atoms with van der Waals surface area (Å²) in [5, 5.41) is 14.5. The number of carbonyl (C=O) groups excluding carboxylic acids is 1. The van der Waals surface area contributed by atoms with Gasteiger partial charge in [-0.3, -0.25) is 14.4 Å². The van der Waals surface area contributed by atoms with Crippen LogP contribution in [0.4, 0.5) is 13.2 Å². The number of carboxylic acids is 1. The highest BCUT2D eigenvalue weighted by atomic mass is 19.4. The summed E-state index contributed by atoms with van der Waals surface area (Å²) < 4.78 is 44.5. The number of alkyl halides is 3. The van der Waals surface area contributed by atoms with E-state index in [-0.39, 0.29) is 11.9 Å². The number of rotatable bonds is 5. The molecule has 1 saturated heterocycles. The lowest BCUT2D eigenvalue weighted by Crippen LogP contribution is -2.46. The zero-order valence-electron chi connectivity index (χ0n) is 17.3. The van der Waals surface area contributed by atoms with Gasteiger partial charge in [0.2, 0.25) is 5.91 Å². The first-order chi connectivity index (χ1) is 15.2. The molecule has 2 aliphatic heterocycles. The predicted octanol–water partition coefficient (Wildman–Crippen LogP) is 2.35. The topological polar surface area (TPSA) is 110 Å². The average molecular weight is 458 g/mol. The maximum atomic E-state index is 12.4. The van der Waals surface area contributed by atoms with Crippen LogP contribution in [0.1, 0.15) is 36.8 Å². The summed E-state index contributed by atoms with van der Waals surface area (Å²) in [7, 11) is 0. The van der Waals surface area contributed by atoms with E-state index in [1.54, 1.807) is 6.26 Å². The van der Waals surface area contributed by atoms with Gasteiger partial charge >= 0.3 is 12.1 Å². The van der Waals surface area contributed by atoms with Crippen molar-refractivity contribution in [1.29, 1.82) is 0 Å². The predicted molar refractivity (Wildman–Crippen MR) is 104 cm³/mol. The van der Waals surface area contributed by atoms with Gasteiger partial charge in [-0.1, -0.05) is 0 Å². The molecule has 0 aromatic carbocycles. The second kappa shape index (κ2) is 10.6. The number of nitrogens with one attached hydrogen (secondary N) is 1. The van der Waals surface area contributed by atoms with Crippen molar-refractivity contribution in [3.63, 3.8) is 0 Å². The van der Waals surface area contributed by atoms with E-state index in [9.17, 15) is 18.0 Å². The molecule has 2 N–H and O–H groups in total. The fourth-order valence-corrected chi connectivity index (χ4v) is 3.78. The monoisotopic (exact) mass is 458 g/mol. The number of fused-ring (bicyclic) bond motifs is 1. The lowest BCUT2D eigenvalue weighted by atomic mass is 10.0. The van der Waals surface area contributed by atoms with Crippen molar-refractivity contribution in [2.45, 2.75) is 50.6 Å².